The molecule has 0 saturated carbocycles. The summed E-state index contributed by atoms with van der Waals surface area (Å²) >= 11 is 0. The lowest BCUT2D eigenvalue weighted by Gasteiger charge is -2.17. The summed E-state index contributed by atoms with van der Waals surface area (Å²) in [6, 6.07) is 1.18. The predicted molar refractivity (Wildman–Crippen MR) is 75.9 cm³/mol. The molecule has 0 fully saturated rings. The molecule has 1 aromatic rings. The number of nitrogens with two attached hydrogens (primary N) is 1. The van der Waals surface area contributed by atoms with Crippen LogP contribution in [0.1, 0.15) is 23.1 Å². The Labute approximate surface area is 113 Å². The third kappa shape index (κ3) is 3.61. The van der Waals surface area contributed by atoms with E-state index < -0.39 is 12.0 Å². The van der Waals surface area contributed by atoms with E-state index in [-0.39, 0.29) is 0 Å². The van der Waals surface area contributed by atoms with E-state index >= 15 is 0 Å². The number of hydrogen-bond donors (Lipinski definition) is 3. The molecule has 0 amide bonds. The van der Waals surface area contributed by atoms with Crippen LogP contribution in [0.25, 0.3) is 0 Å². The summed E-state index contributed by atoms with van der Waals surface area (Å²) in [4.78, 5) is 10.6. The summed E-state index contributed by atoms with van der Waals surface area (Å²) in [5, 5.41) is 12.0. The standard InChI is InChI=1S/C14H22N2O3/c1-8-7-12(9(2)10(3)13(8)19-4)16-6-5-11(15)14(17)18/h7,11,16H,5-6,15H2,1-4H3,(H,17,18). The number of aliphatic carboxylic acids is 1. The molecular formula is C14H22N2O3. The van der Waals surface area contributed by atoms with Crippen molar-refractivity contribution in [3.8, 4) is 5.75 Å². The molecule has 1 aromatic carbocycles. The van der Waals surface area contributed by atoms with Crippen molar-refractivity contribution in [3.63, 3.8) is 0 Å². The first-order valence-electron chi connectivity index (χ1n) is 6.25. The first-order valence-corrected chi connectivity index (χ1v) is 6.25. The minimum absolute atomic E-state index is 0.388. The van der Waals surface area contributed by atoms with E-state index in [4.69, 9.17) is 15.6 Å². The van der Waals surface area contributed by atoms with Crippen LogP contribution >= 0.6 is 0 Å². The Morgan fingerprint density at radius 3 is 2.58 bits per heavy atom. The number of nitrogens with one attached hydrogen (secondary N) is 1. The monoisotopic (exact) mass is 266 g/mol. The maximum atomic E-state index is 10.6. The Morgan fingerprint density at radius 2 is 2.05 bits per heavy atom. The van der Waals surface area contributed by atoms with Crippen molar-refractivity contribution >= 4 is 11.7 Å². The van der Waals surface area contributed by atoms with E-state index in [1.807, 2.05) is 26.8 Å². The summed E-state index contributed by atoms with van der Waals surface area (Å²) in [5.74, 6) is -0.0779. The van der Waals surface area contributed by atoms with E-state index in [9.17, 15) is 4.79 Å². The van der Waals surface area contributed by atoms with E-state index in [2.05, 4.69) is 5.32 Å². The zero-order valence-corrected chi connectivity index (χ0v) is 11.9. The van der Waals surface area contributed by atoms with Gasteiger partial charge in [-0.05, 0) is 49.9 Å². The molecule has 4 N–H and O–H groups in total. The van der Waals surface area contributed by atoms with Crippen LogP contribution < -0.4 is 15.8 Å². The highest BCUT2D eigenvalue weighted by atomic mass is 16.5. The number of carboxylic acids is 1. The molecule has 106 valence electrons. The second-order valence-electron chi connectivity index (χ2n) is 4.68. The Kier molecular flexibility index (Phi) is 5.18. The number of carbonyl (C=O) groups is 1. The molecule has 0 aromatic heterocycles. The lowest BCUT2D eigenvalue weighted by Crippen LogP contribution is -2.32. The van der Waals surface area contributed by atoms with Crippen LogP contribution in [0.3, 0.4) is 0 Å². The van der Waals surface area contributed by atoms with E-state index in [1.54, 1.807) is 7.11 Å². The van der Waals surface area contributed by atoms with Gasteiger partial charge in [-0.25, -0.2) is 0 Å². The van der Waals surface area contributed by atoms with Crippen molar-refractivity contribution in [2.45, 2.75) is 33.2 Å². The summed E-state index contributed by atoms with van der Waals surface area (Å²) in [5.41, 5.74) is 9.70. The number of rotatable bonds is 6. The highest BCUT2D eigenvalue weighted by molar-refractivity contribution is 5.73. The Bertz CT molecular complexity index is 472. The van der Waals surface area contributed by atoms with E-state index in [1.165, 1.54) is 0 Å². The van der Waals surface area contributed by atoms with Crippen LogP contribution in [0.15, 0.2) is 6.07 Å². The highest BCUT2D eigenvalue weighted by Gasteiger charge is 2.13. The predicted octanol–water partition coefficient (Wildman–Crippen LogP) is 1.83. The minimum atomic E-state index is -0.972. The fourth-order valence-electron chi connectivity index (χ4n) is 2.04. The smallest absolute Gasteiger partial charge is 0.320 e. The first-order chi connectivity index (χ1) is 8.88. The fourth-order valence-corrected chi connectivity index (χ4v) is 2.04. The number of methoxy groups -OCH3 is 1. The van der Waals surface area contributed by atoms with Crippen LogP contribution in [0, 0.1) is 20.8 Å². The Morgan fingerprint density at radius 1 is 1.42 bits per heavy atom. The van der Waals surface area contributed by atoms with Gasteiger partial charge >= 0.3 is 5.97 Å². The minimum Gasteiger partial charge on any atom is -0.496 e. The van der Waals surface area contributed by atoms with Crippen LogP contribution in [-0.4, -0.2) is 30.8 Å². The molecule has 5 nitrogen and oxygen atoms in total. The van der Waals surface area contributed by atoms with Gasteiger partial charge in [0.25, 0.3) is 0 Å². The average molecular weight is 266 g/mol. The quantitative estimate of drug-likeness (QED) is 0.731. The molecule has 0 spiro atoms. The van der Waals surface area contributed by atoms with Crippen molar-refractivity contribution < 1.29 is 14.6 Å². The van der Waals surface area contributed by atoms with Gasteiger partial charge in [0, 0.05) is 12.2 Å². The molecule has 0 heterocycles. The van der Waals surface area contributed by atoms with Gasteiger partial charge in [-0.2, -0.15) is 0 Å². The number of benzene rings is 1. The van der Waals surface area contributed by atoms with Gasteiger partial charge in [0.2, 0.25) is 0 Å². The maximum Gasteiger partial charge on any atom is 0.320 e. The summed E-state index contributed by atoms with van der Waals surface area (Å²) in [6.07, 6.45) is 0.388. The number of carboxylic acid groups (broad SMARTS) is 1. The highest BCUT2D eigenvalue weighted by Crippen LogP contribution is 2.31. The number of aryl methyl sites for hydroxylation is 1. The van der Waals surface area contributed by atoms with E-state index in [0.29, 0.717) is 13.0 Å². The Balaban J connectivity index is 2.77. The maximum absolute atomic E-state index is 10.6. The molecule has 0 radical (unpaired) electrons. The van der Waals surface area contributed by atoms with Crippen LogP contribution in [0.5, 0.6) is 5.75 Å². The molecule has 1 atom stereocenters. The zero-order valence-electron chi connectivity index (χ0n) is 11.9. The SMILES string of the molecule is COc1c(C)cc(NCCC(N)C(=O)O)c(C)c1C. The van der Waals surface area contributed by atoms with Crippen molar-refractivity contribution in [3.05, 3.63) is 22.8 Å². The van der Waals surface area contributed by atoms with E-state index in [0.717, 1.165) is 28.1 Å². The lowest BCUT2D eigenvalue weighted by molar-refractivity contribution is -0.138. The molecule has 0 saturated heterocycles. The van der Waals surface area contributed by atoms with Gasteiger partial charge in [-0.3, -0.25) is 4.79 Å². The number of ether oxygens (including phenoxy) is 1. The third-order valence-electron chi connectivity index (χ3n) is 3.32. The van der Waals surface area contributed by atoms with Gasteiger partial charge in [0.1, 0.15) is 11.8 Å². The lowest BCUT2D eigenvalue weighted by atomic mass is 10.0. The second-order valence-corrected chi connectivity index (χ2v) is 4.68. The van der Waals surface area contributed by atoms with Crippen LogP contribution in [-0.2, 0) is 4.79 Å². The first kappa shape index (κ1) is 15.3. The summed E-state index contributed by atoms with van der Waals surface area (Å²) < 4.78 is 5.36. The van der Waals surface area contributed by atoms with Gasteiger partial charge in [0.05, 0.1) is 7.11 Å². The molecular weight excluding hydrogens is 244 g/mol. The molecule has 1 unspecified atom stereocenters. The normalized spacial score (nSPS) is 12.1. The fraction of sp³-hybridized carbons (Fsp3) is 0.500. The number of hydrogen-bond acceptors (Lipinski definition) is 4. The van der Waals surface area contributed by atoms with Gasteiger partial charge in [-0.1, -0.05) is 0 Å². The molecule has 5 heteroatoms. The van der Waals surface area contributed by atoms with Gasteiger partial charge in [-0.15, -0.1) is 0 Å². The Hall–Kier alpha value is -1.75. The molecule has 0 aliphatic rings. The van der Waals surface area contributed by atoms with Crippen molar-refractivity contribution in [1.29, 1.82) is 0 Å². The summed E-state index contributed by atoms with van der Waals surface area (Å²) in [6.45, 7) is 6.53. The second kappa shape index (κ2) is 6.43. The zero-order chi connectivity index (χ0) is 14.6. The molecule has 0 aliphatic heterocycles. The molecule has 19 heavy (non-hydrogen) atoms. The van der Waals surface area contributed by atoms with Crippen molar-refractivity contribution in [1.82, 2.24) is 0 Å². The van der Waals surface area contributed by atoms with Gasteiger partial charge in [0.15, 0.2) is 0 Å². The molecule has 0 aliphatic carbocycles. The summed E-state index contributed by atoms with van der Waals surface area (Å²) in [7, 11) is 1.66. The third-order valence-corrected chi connectivity index (χ3v) is 3.32. The van der Waals surface area contributed by atoms with Crippen molar-refractivity contribution in [2.24, 2.45) is 5.73 Å². The topological polar surface area (TPSA) is 84.6 Å². The van der Waals surface area contributed by atoms with Crippen molar-refractivity contribution in [2.75, 3.05) is 19.0 Å². The van der Waals surface area contributed by atoms with Crippen LogP contribution in [0.4, 0.5) is 5.69 Å². The van der Waals surface area contributed by atoms with Crippen LogP contribution in [0.2, 0.25) is 0 Å². The largest absolute Gasteiger partial charge is 0.496 e. The molecule has 1 rings (SSSR count). The average Bonchev–Trinajstić information content (AvgIpc) is 2.35. The molecule has 0 bridgehead atoms. The van der Waals surface area contributed by atoms with Gasteiger partial charge < -0.3 is 20.9 Å². The number of anilines is 1.